The Kier molecular flexibility index (Phi) is 3.41. The summed E-state index contributed by atoms with van der Waals surface area (Å²) in [6, 6.07) is 0. The van der Waals surface area contributed by atoms with Gasteiger partial charge in [0.15, 0.2) is 5.69 Å². The quantitative estimate of drug-likeness (QED) is 0.325. The van der Waals surface area contributed by atoms with E-state index in [1.807, 2.05) is 0 Å². The van der Waals surface area contributed by atoms with Crippen molar-refractivity contribution in [2.24, 2.45) is 5.16 Å². The van der Waals surface area contributed by atoms with E-state index in [-0.39, 0.29) is 16.5 Å². The molecule has 0 aromatic carbocycles. The Balaban J connectivity index is 3.01. The molecule has 0 aliphatic carbocycles. The summed E-state index contributed by atoms with van der Waals surface area (Å²) in [6.45, 7) is 2.02. The summed E-state index contributed by atoms with van der Waals surface area (Å²) in [7, 11) is 0. The predicted molar refractivity (Wildman–Crippen MR) is 51.5 cm³/mol. The molecule has 0 aliphatic rings. The number of nitrogen functional groups attached to an aromatic ring is 1. The third kappa shape index (κ3) is 1.99. The zero-order valence-corrected chi connectivity index (χ0v) is 8.21. The lowest BCUT2D eigenvalue weighted by Gasteiger charge is -2.02. The van der Waals surface area contributed by atoms with Crippen molar-refractivity contribution in [3.05, 3.63) is 16.3 Å². The summed E-state index contributed by atoms with van der Waals surface area (Å²) < 4.78 is 0.410. The van der Waals surface area contributed by atoms with Gasteiger partial charge in [-0.15, -0.1) is 0 Å². The van der Waals surface area contributed by atoms with Crippen molar-refractivity contribution >= 4 is 28.5 Å². The average molecular weight is 214 g/mol. The first-order valence-electron chi connectivity index (χ1n) is 3.75. The number of oxime groups is 1. The Bertz CT molecular complexity index is 361. The monoisotopic (exact) mass is 214 g/mol. The molecule has 0 saturated heterocycles. The van der Waals surface area contributed by atoms with Gasteiger partial charge in [0.1, 0.15) is 6.61 Å². The van der Waals surface area contributed by atoms with Crippen LogP contribution < -0.4 is 10.5 Å². The van der Waals surface area contributed by atoms with Gasteiger partial charge in [-0.3, -0.25) is 10.5 Å². The second-order valence-electron chi connectivity index (χ2n) is 2.21. The molecule has 6 nitrogen and oxygen atoms in total. The molecule has 14 heavy (non-hydrogen) atoms. The van der Waals surface area contributed by atoms with Crippen molar-refractivity contribution in [2.75, 3.05) is 12.3 Å². The van der Waals surface area contributed by atoms with Gasteiger partial charge in [0.25, 0.3) is 6.29 Å². The Morgan fingerprint density at radius 2 is 2.64 bits per heavy atom. The molecule has 1 rings (SSSR count). The first-order valence-corrected chi connectivity index (χ1v) is 4.63. The Morgan fingerprint density at radius 1 is 1.93 bits per heavy atom. The number of rotatable bonds is 4. The summed E-state index contributed by atoms with van der Waals surface area (Å²) in [4.78, 5) is 15.1. The number of carbonyl (C=O) groups excluding carboxylic acids is 1. The maximum Gasteiger partial charge on any atom is 0.335 e. The topological polar surface area (TPSA) is 91.6 Å². The fourth-order valence-corrected chi connectivity index (χ4v) is 1.36. The van der Waals surface area contributed by atoms with Crippen molar-refractivity contribution in [1.82, 2.24) is 0 Å². The molecule has 0 bridgehead atoms. The van der Waals surface area contributed by atoms with E-state index in [9.17, 15) is 10.0 Å². The van der Waals surface area contributed by atoms with E-state index < -0.39 is 0 Å². The summed E-state index contributed by atoms with van der Waals surface area (Å²) in [5.41, 5.74) is 5.17. The number of aromatic nitrogens is 1. The molecule has 0 unspecified atom stereocenters. The third-order valence-corrected chi connectivity index (χ3v) is 2.08. The predicted octanol–water partition coefficient (Wildman–Crippen LogP) is -0.186. The summed E-state index contributed by atoms with van der Waals surface area (Å²) >= 11 is 1.02. The molecular weight excluding hydrogens is 206 g/mol. The van der Waals surface area contributed by atoms with Gasteiger partial charge in [-0.2, -0.15) is 0 Å². The SMILES string of the molecule is CCO/N=C(\[C]=O)c1csc(N)[n+]1[O-]. The number of hydrogen-bond donors (Lipinski definition) is 1. The maximum atomic E-state index is 11.2. The second kappa shape index (κ2) is 4.56. The van der Waals surface area contributed by atoms with E-state index in [0.29, 0.717) is 11.3 Å². The zero-order valence-electron chi connectivity index (χ0n) is 7.39. The standard InChI is InChI=1S/C7H8N3O3S/c1-2-13-9-5(3-11)6-4-14-7(8)10(6)12/h4H,2,8H2,1H3/b9-5+. The number of anilines is 1. The van der Waals surface area contributed by atoms with Crippen LogP contribution in [0, 0.1) is 5.21 Å². The lowest BCUT2D eigenvalue weighted by molar-refractivity contribution is -0.586. The van der Waals surface area contributed by atoms with Gasteiger partial charge in [0.05, 0.1) is 0 Å². The summed E-state index contributed by atoms with van der Waals surface area (Å²) in [6.07, 6.45) is 1.51. The lowest BCUT2D eigenvalue weighted by Crippen LogP contribution is -2.34. The Morgan fingerprint density at radius 3 is 3.07 bits per heavy atom. The fourth-order valence-electron chi connectivity index (χ4n) is 0.729. The molecule has 0 fully saturated rings. The fraction of sp³-hybridized carbons (Fsp3) is 0.286. The van der Waals surface area contributed by atoms with Gasteiger partial charge in [-0.1, -0.05) is 16.5 Å². The van der Waals surface area contributed by atoms with E-state index in [2.05, 4.69) is 9.99 Å². The largest absolute Gasteiger partial charge is 0.709 e. The van der Waals surface area contributed by atoms with E-state index in [1.54, 1.807) is 6.92 Å². The smallest absolute Gasteiger partial charge is 0.335 e. The van der Waals surface area contributed by atoms with Crippen molar-refractivity contribution in [2.45, 2.75) is 6.92 Å². The van der Waals surface area contributed by atoms with Crippen LogP contribution >= 0.6 is 11.3 Å². The number of thiazole rings is 1. The van der Waals surface area contributed by atoms with Gasteiger partial charge in [0.2, 0.25) is 5.71 Å². The highest BCUT2D eigenvalue weighted by molar-refractivity contribution is 7.13. The van der Waals surface area contributed by atoms with E-state index in [4.69, 9.17) is 5.73 Å². The third-order valence-electron chi connectivity index (χ3n) is 1.33. The number of nitrogens with zero attached hydrogens (tertiary/aromatic N) is 2. The Hall–Kier alpha value is -1.63. The summed E-state index contributed by atoms with van der Waals surface area (Å²) in [5.74, 6) is 0. The van der Waals surface area contributed by atoms with Gasteiger partial charge in [-0.25, -0.2) is 4.73 Å². The highest BCUT2D eigenvalue weighted by Gasteiger charge is 2.15. The van der Waals surface area contributed by atoms with Crippen LogP contribution in [-0.2, 0) is 9.63 Å². The van der Waals surface area contributed by atoms with Crippen LogP contribution in [0.5, 0.6) is 0 Å². The molecule has 1 radical (unpaired) electrons. The molecule has 1 aromatic heterocycles. The van der Waals surface area contributed by atoms with Crippen LogP contribution in [0.25, 0.3) is 0 Å². The van der Waals surface area contributed by atoms with Gasteiger partial charge in [0, 0.05) is 5.38 Å². The van der Waals surface area contributed by atoms with Crippen molar-refractivity contribution in [1.29, 1.82) is 0 Å². The van der Waals surface area contributed by atoms with E-state index in [0.717, 1.165) is 11.3 Å². The minimum atomic E-state index is -0.185. The van der Waals surface area contributed by atoms with Crippen LogP contribution in [-0.4, -0.2) is 18.6 Å². The highest BCUT2D eigenvalue weighted by atomic mass is 32.1. The normalized spacial score (nSPS) is 11.4. The first-order chi connectivity index (χ1) is 6.70. The highest BCUT2D eigenvalue weighted by Crippen LogP contribution is 2.08. The van der Waals surface area contributed by atoms with Crippen LogP contribution in [0.4, 0.5) is 5.13 Å². The molecule has 0 saturated carbocycles. The first kappa shape index (κ1) is 10.5. The van der Waals surface area contributed by atoms with Crippen molar-refractivity contribution in [3.8, 4) is 0 Å². The van der Waals surface area contributed by atoms with Crippen LogP contribution in [0.2, 0.25) is 0 Å². The molecule has 0 amide bonds. The maximum absolute atomic E-state index is 11.2. The minimum absolute atomic E-state index is 0.0412. The molecular formula is C7H8N3O3S. The number of nitrogens with two attached hydrogens (primary N) is 1. The van der Waals surface area contributed by atoms with Crippen molar-refractivity contribution in [3.63, 3.8) is 0 Å². The number of hydrogen-bond acceptors (Lipinski definition) is 6. The molecule has 0 spiro atoms. The Labute approximate surface area is 84.2 Å². The van der Waals surface area contributed by atoms with Crippen LogP contribution in [0.1, 0.15) is 12.6 Å². The second-order valence-corrected chi connectivity index (χ2v) is 3.10. The van der Waals surface area contributed by atoms with E-state index >= 15 is 0 Å². The lowest BCUT2D eigenvalue weighted by atomic mass is 10.3. The van der Waals surface area contributed by atoms with Gasteiger partial charge < -0.3 is 10.0 Å². The molecule has 1 aromatic rings. The minimum Gasteiger partial charge on any atom is -0.709 e. The molecule has 75 valence electrons. The van der Waals surface area contributed by atoms with Crippen LogP contribution in [0.3, 0.4) is 0 Å². The van der Waals surface area contributed by atoms with Gasteiger partial charge in [-0.05, 0) is 6.92 Å². The van der Waals surface area contributed by atoms with Crippen LogP contribution in [0.15, 0.2) is 10.5 Å². The van der Waals surface area contributed by atoms with Gasteiger partial charge >= 0.3 is 5.13 Å². The molecule has 0 atom stereocenters. The molecule has 0 aliphatic heterocycles. The van der Waals surface area contributed by atoms with Crippen molar-refractivity contribution < 1.29 is 14.4 Å². The molecule has 7 heteroatoms. The zero-order chi connectivity index (χ0) is 10.6. The van der Waals surface area contributed by atoms with E-state index in [1.165, 1.54) is 11.7 Å². The molecule has 1 heterocycles. The summed E-state index contributed by atoms with van der Waals surface area (Å²) in [5, 5.41) is 16.1. The molecule has 2 N–H and O–H groups in total. The average Bonchev–Trinajstić information content (AvgIpc) is 2.51.